The van der Waals surface area contributed by atoms with Crippen molar-refractivity contribution in [2.24, 2.45) is 10.8 Å². The highest BCUT2D eigenvalue weighted by atomic mass is 35.5. The van der Waals surface area contributed by atoms with Crippen LogP contribution in [0, 0.1) is 16.7 Å². The Kier molecular flexibility index (Phi) is 5.49. The summed E-state index contributed by atoms with van der Waals surface area (Å²) in [6.45, 7) is 0. The molecule has 2 aromatic rings. The molecule has 0 aromatic heterocycles. The van der Waals surface area contributed by atoms with Gasteiger partial charge in [0.2, 0.25) is 5.71 Å². The summed E-state index contributed by atoms with van der Waals surface area (Å²) in [5, 5.41) is 23.0. The molecule has 0 saturated heterocycles. The highest BCUT2D eigenvalue weighted by molar-refractivity contribution is 6.45. The van der Waals surface area contributed by atoms with Gasteiger partial charge in [0.15, 0.2) is 5.84 Å². The predicted molar refractivity (Wildman–Crippen MR) is 94.4 cm³/mol. The molecule has 0 bridgehead atoms. The summed E-state index contributed by atoms with van der Waals surface area (Å²) in [7, 11) is 0. The van der Waals surface area contributed by atoms with E-state index in [1.807, 2.05) is 0 Å². The zero-order valence-corrected chi connectivity index (χ0v) is 13.1. The van der Waals surface area contributed by atoms with Crippen molar-refractivity contribution in [2.45, 2.75) is 0 Å². The number of hydrogen-bond donors (Lipinski definition) is 4. The molecular weight excluding hydrogens is 328 g/mol. The molecule has 24 heavy (non-hydrogen) atoms. The Morgan fingerprint density at radius 1 is 1.21 bits per heavy atom. The van der Waals surface area contributed by atoms with Crippen LogP contribution in [0.4, 0.5) is 11.4 Å². The number of carbonyl (C=O) groups excluding carboxylic acids is 1. The van der Waals surface area contributed by atoms with Crippen LogP contribution in [0.2, 0.25) is 5.02 Å². The van der Waals surface area contributed by atoms with Crippen LogP contribution in [0.15, 0.2) is 53.6 Å². The SMILES string of the molecule is N#C/C(=N\Nc1cccc(NC(=O)c2ccc(Cl)cc2)c1)C(=N)N. The highest BCUT2D eigenvalue weighted by Gasteiger charge is 2.06. The number of nitrogens with zero attached hydrogens (tertiary/aromatic N) is 2. The average Bonchev–Trinajstić information content (AvgIpc) is 2.56. The third kappa shape index (κ3) is 4.56. The van der Waals surface area contributed by atoms with E-state index in [0.29, 0.717) is 22.0 Å². The third-order valence-corrected chi connectivity index (χ3v) is 3.14. The van der Waals surface area contributed by atoms with Crippen molar-refractivity contribution in [1.29, 1.82) is 10.7 Å². The molecule has 2 aromatic carbocycles. The minimum Gasteiger partial charge on any atom is -0.382 e. The Balaban J connectivity index is 2.10. The molecule has 1 amide bonds. The fraction of sp³-hybridized carbons (Fsp3) is 0. The molecular formula is C16H13ClN6O. The topological polar surface area (TPSA) is 127 Å². The molecule has 0 spiro atoms. The molecule has 5 N–H and O–H groups in total. The minimum atomic E-state index is -0.433. The second kappa shape index (κ2) is 7.76. The summed E-state index contributed by atoms with van der Waals surface area (Å²) in [6.07, 6.45) is 0. The van der Waals surface area contributed by atoms with Crippen LogP contribution in [0.3, 0.4) is 0 Å². The van der Waals surface area contributed by atoms with E-state index in [9.17, 15) is 4.79 Å². The third-order valence-electron chi connectivity index (χ3n) is 2.88. The average molecular weight is 341 g/mol. The molecule has 0 atom stereocenters. The molecule has 2 rings (SSSR count). The normalized spacial score (nSPS) is 10.6. The zero-order valence-electron chi connectivity index (χ0n) is 12.4. The maximum atomic E-state index is 12.1. The summed E-state index contributed by atoms with van der Waals surface area (Å²) in [5.41, 5.74) is 9.12. The number of benzene rings is 2. The number of nitrogens with one attached hydrogen (secondary N) is 3. The smallest absolute Gasteiger partial charge is 0.255 e. The summed E-state index contributed by atoms with van der Waals surface area (Å²) in [4.78, 5) is 12.1. The first kappa shape index (κ1) is 17.0. The molecule has 0 aliphatic carbocycles. The quantitative estimate of drug-likeness (QED) is 0.379. The Labute approximate surface area is 143 Å². The van der Waals surface area contributed by atoms with Crippen molar-refractivity contribution in [3.8, 4) is 6.07 Å². The number of rotatable bonds is 5. The van der Waals surface area contributed by atoms with Crippen molar-refractivity contribution >= 4 is 40.4 Å². The Morgan fingerprint density at radius 2 is 1.88 bits per heavy atom. The molecule has 0 saturated carbocycles. The predicted octanol–water partition coefficient (Wildman–Crippen LogP) is 2.82. The van der Waals surface area contributed by atoms with Crippen LogP contribution in [0.5, 0.6) is 0 Å². The lowest BCUT2D eigenvalue weighted by Crippen LogP contribution is -2.21. The Bertz CT molecular complexity index is 838. The van der Waals surface area contributed by atoms with Gasteiger partial charge in [0.25, 0.3) is 5.91 Å². The number of amides is 1. The second-order valence-corrected chi connectivity index (χ2v) is 5.08. The van der Waals surface area contributed by atoms with E-state index in [0.717, 1.165) is 0 Å². The van der Waals surface area contributed by atoms with Crippen molar-refractivity contribution in [1.82, 2.24) is 0 Å². The number of hydrazone groups is 1. The highest BCUT2D eigenvalue weighted by Crippen LogP contribution is 2.17. The maximum Gasteiger partial charge on any atom is 0.255 e. The van der Waals surface area contributed by atoms with Crippen LogP contribution in [0.1, 0.15) is 10.4 Å². The molecule has 0 heterocycles. The van der Waals surface area contributed by atoms with E-state index in [1.54, 1.807) is 54.6 Å². The largest absolute Gasteiger partial charge is 0.382 e. The minimum absolute atomic E-state index is 0.231. The molecule has 0 fully saturated rings. The van der Waals surface area contributed by atoms with Gasteiger partial charge in [-0.05, 0) is 42.5 Å². The van der Waals surface area contributed by atoms with Gasteiger partial charge in [-0.15, -0.1) is 0 Å². The number of nitriles is 1. The van der Waals surface area contributed by atoms with Crippen molar-refractivity contribution in [3.63, 3.8) is 0 Å². The lowest BCUT2D eigenvalue weighted by molar-refractivity contribution is 0.102. The van der Waals surface area contributed by atoms with Gasteiger partial charge < -0.3 is 11.1 Å². The zero-order chi connectivity index (χ0) is 17.5. The first-order valence-electron chi connectivity index (χ1n) is 6.75. The lowest BCUT2D eigenvalue weighted by Gasteiger charge is -2.07. The van der Waals surface area contributed by atoms with E-state index in [4.69, 9.17) is 28.0 Å². The molecule has 0 aliphatic rings. The molecule has 0 radical (unpaired) electrons. The van der Waals surface area contributed by atoms with E-state index in [-0.39, 0.29) is 11.6 Å². The number of halogens is 1. The summed E-state index contributed by atoms with van der Waals surface area (Å²) in [6, 6.07) is 14.9. The number of amidine groups is 1. The fourth-order valence-corrected chi connectivity index (χ4v) is 1.86. The monoisotopic (exact) mass is 340 g/mol. The van der Waals surface area contributed by atoms with E-state index >= 15 is 0 Å². The number of carbonyl (C=O) groups is 1. The van der Waals surface area contributed by atoms with E-state index in [2.05, 4.69) is 15.8 Å². The van der Waals surface area contributed by atoms with E-state index < -0.39 is 5.84 Å². The van der Waals surface area contributed by atoms with Gasteiger partial charge in [-0.1, -0.05) is 17.7 Å². The first-order valence-corrected chi connectivity index (χ1v) is 7.12. The van der Waals surface area contributed by atoms with Crippen LogP contribution in [-0.4, -0.2) is 17.5 Å². The summed E-state index contributed by atoms with van der Waals surface area (Å²) in [5.74, 6) is -0.717. The van der Waals surface area contributed by atoms with Gasteiger partial charge in [-0.25, -0.2) is 0 Å². The number of hydrogen-bond acceptors (Lipinski definition) is 5. The van der Waals surface area contributed by atoms with Gasteiger partial charge in [0.05, 0.1) is 5.69 Å². The number of anilines is 2. The molecule has 8 heteroatoms. The molecule has 120 valence electrons. The molecule has 7 nitrogen and oxygen atoms in total. The van der Waals surface area contributed by atoms with Gasteiger partial charge >= 0.3 is 0 Å². The fourth-order valence-electron chi connectivity index (χ4n) is 1.74. The van der Waals surface area contributed by atoms with Crippen LogP contribution < -0.4 is 16.5 Å². The van der Waals surface area contributed by atoms with E-state index in [1.165, 1.54) is 0 Å². The van der Waals surface area contributed by atoms with Gasteiger partial charge in [0, 0.05) is 16.3 Å². The number of nitrogens with two attached hydrogens (primary N) is 1. The first-order chi connectivity index (χ1) is 11.5. The van der Waals surface area contributed by atoms with Crippen molar-refractivity contribution in [2.75, 3.05) is 10.7 Å². The molecule has 0 aliphatic heterocycles. The summed E-state index contributed by atoms with van der Waals surface area (Å²) < 4.78 is 0. The van der Waals surface area contributed by atoms with Gasteiger partial charge in [-0.3, -0.25) is 15.6 Å². The maximum absolute atomic E-state index is 12.1. The standard InChI is InChI=1S/C16H13ClN6O/c17-11-6-4-10(5-7-11)16(24)21-12-2-1-3-13(8-12)22-23-14(9-18)15(19)20/h1-8,22H,(H3,19,20)(H,21,24)/b23-14+. The Hall–Kier alpha value is -3.37. The van der Waals surface area contributed by atoms with Gasteiger partial charge in [0.1, 0.15) is 6.07 Å². The van der Waals surface area contributed by atoms with Crippen LogP contribution in [-0.2, 0) is 0 Å². The summed E-state index contributed by atoms with van der Waals surface area (Å²) >= 11 is 5.79. The molecule has 0 unspecified atom stereocenters. The van der Waals surface area contributed by atoms with Crippen LogP contribution >= 0.6 is 11.6 Å². The van der Waals surface area contributed by atoms with Gasteiger partial charge in [-0.2, -0.15) is 10.4 Å². The van der Waals surface area contributed by atoms with Crippen molar-refractivity contribution < 1.29 is 4.79 Å². The van der Waals surface area contributed by atoms with Crippen LogP contribution in [0.25, 0.3) is 0 Å². The Morgan fingerprint density at radius 3 is 2.50 bits per heavy atom. The lowest BCUT2D eigenvalue weighted by atomic mass is 10.2. The second-order valence-electron chi connectivity index (χ2n) is 4.64. The van der Waals surface area contributed by atoms with Crippen molar-refractivity contribution in [3.05, 3.63) is 59.1 Å².